The van der Waals surface area contributed by atoms with Crippen LogP contribution in [0.1, 0.15) is 152 Å². The number of carboxylic acid groups (broad SMARTS) is 1. The number of pyridine rings is 1. The van der Waals surface area contributed by atoms with Crippen LogP contribution < -0.4 is 10.1 Å². The molecule has 7 rings (SSSR count). The van der Waals surface area contributed by atoms with Crippen LogP contribution in [0.15, 0.2) is 59.8 Å². The molecule has 0 saturated heterocycles. The molecule has 1 aromatic heterocycles. The minimum Gasteiger partial charge on any atom is -0.481 e. The molecule has 0 aromatic carbocycles. The van der Waals surface area contributed by atoms with Gasteiger partial charge in [0.05, 0.1) is 12.0 Å². The first-order valence-electron chi connectivity index (χ1n) is 23.4. The summed E-state index contributed by atoms with van der Waals surface area (Å²) in [7, 11) is 0. The van der Waals surface area contributed by atoms with E-state index in [2.05, 4.69) is 89.3 Å². The fourth-order valence-corrected chi connectivity index (χ4v) is 15.5. The Bertz CT molecular complexity index is 1680. The average molecular weight is 782 g/mol. The summed E-state index contributed by atoms with van der Waals surface area (Å²) < 4.78 is 5.89. The molecule has 6 nitrogen and oxygen atoms in total. The van der Waals surface area contributed by atoms with Crippen molar-refractivity contribution >= 4 is 5.97 Å². The van der Waals surface area contributed by atoms with Crippen molar-refractivity contribution in [3.05, 3.63) is 59.8 Å². The van der Waals surface area contributed by atoms with Gasteiger partial charge in [0.1, 0.15) is 0 Å². The van der Waals surface area contributed by atoms with Gasteiger partial charge in [-0.25, -0.2) is 4.98 Å². The number of aromatic nitrogens is 1. The van der Waals surface area contributed by atoms with E-state index in [0.29, 0.717) is 66.3 Å². The number of nitrogens with zero attached hydrogens (tertiary/aromatic N) is 2. The van der Waals surface area contributed by atoms with Gasteiger partial charge in [0.2, 0.25) is 5.88 Å². The standard InChI is InChI=1S/C51H79N3O3/c1-10-32-54(33-11-2)34-31-53-51-26-19-38(36(3)4)44(51)40-15-16-42-47(7)22-20-39(46(5,6)41(47)21-23-49(42,9)48(40,8)27-28-51)37-17-24-50(25-18-37,45(55)56)29-35-57-43-14-12-13-30-52-43/h12-14,17,20,30,38,40-42,44,53H,3,10-11,15-16,18-19,21-29,31-35H2,1-2,4-9H3,(H,55,56)/t38-,40+,41-,42+,44+,47-,48+,49+,50?,51-/m0/s1. The number of hydrogen-bond acceptors (Lipinski definition) is 5. The van der Waals surface area contributed by atoms with E-state index in [1.807, 2.05) is 18.2 Å². The third-order valence-corrected chi connectivity index (χ3v) is 18.5. The number of allylic oxidation sites excluding steroid dienone is 5. The molecule has 0 amide bonds. The quantitative estimate of drug-likeness (QED) is 0.173. The monoisotopic (exact) mass is 782 g/mol. The first-order chi connectivity index (χ1) is 27.1. The van der Waals surface area contributed by atoms with Crippen molar-refractivity contribution in [1.29, 1.82) is 0 Å². The van der Waals surface area contributed by atoms with Crippen molar-refractivity contribution in [2.75, 3.05) is 32.8 Å². The zero-order valence-corrected chi connectivity index (χ0v) is 37.4. The van der Waals surface area contributed by atoms with Gasteiger partial charge in [0.15, 0.2) is 0 Å². The van der Waals surface area contributed by atoms with Crippen LogP contribution in [0.5, 0.6) is 5.88 Å². The third-order valence-electron chi connectivity index (χ3n) is 18.5. The van der Waals surface area contributed by atoms with Crippen LogP contribution in [0, 0.1) is 56.7 Å². The van der Waals surface area contributed by atoms with Gasteiger partial charge < -0.3 is 20.1 Å². The zero-order chi connectivity index (χ0) is 40.9. The van der Waals surface area contributed by atoms with E-state index in [1.165, 1.54) is 101 Å². The van der Waals surface area contributed by atoms with Gasteiger partial charge in [-0.2, -0.15) is 0 Å². The normalized spacial score (nSPS) is 39.6. The van der Waals surface area contributed by atoms with Gasteiger partial charge in [-0.15, -0.1) is 0 Å². The lowest BCUT2D eigenvalue weighted by atomic mass is 9.33. The van der Waals surface area contributed by atoms with Crippen molar-refractivity contribution < 1.29 is 14.6 Å². The first kappa shape index (κ1) is 42.7. The molecule has 0 aliphatic heterocycles. The number of fused-ring (bicyclic) bond motifs is 7. The van der Waals surface area contributed by atoms with Gasteiger partial charge >= 0.3 is 5.97 Å². The molecule has 10 atom stereocenters. The molecule has 1 unspecified atom stereocenters. The Morgan fingerprint density at radius 3 is 2.33 bits per heavy atom. The summed E-state index contributed by atoms with van der Waals surface area (Å²) in [6, 6.07) is 5.60. The lowest BCUT2D eigenvalue weighted by molar-refractivity contribution is -0.221. The van der Waals surface area contributed by atoms with E-state index < -0.39 is 11.4 Å². The number of rotatable bonds is 15. The predicted molar refractivity (Wildman–Crippen MR) is 234 cm³/mol. The molecule has 316 valence electrons. The van der Waals surface area contributed by atoms with Crippen molar-refractivity contribution in [2.24, 2.45) is 56.7 Å². The second kappa shape index (κ2) is 16.2. The summed E-state index contributed by atoms with van der Waals surface area (Å²) in [5.41, 5.74) is 4.77. The van der Waals surface area contributed by atoms with Crippen LogP contribution >= 0.6 is 0 Å². The highest BCUT2D eigenvalue weighted by Crippen LogP contribution is 2.76. The predicted octanol–water partition coefficient (Wildman–Crippen LogP) is 11.7. The Morgan fingerprint density at radius 1 is 0.912 bits per heavy atom. The number of ether oxygens (including phenoxy) is 1. The molecule has 6 heteroatoms. The van der Waals surface area contributed by atoms with Gasteiger partial charge in [0.25, 0.3) is 0 Å². The zero-order valence-electron chi connectivity index (χ0n) is 37.4. The van der Waals surface area contributed by atoms with Gasteiger partial charge in [-0.3, -0.25) is 4.79 Å². The molecular formula is C51H79N3O3. The van der Waals surface area contributed by atoms with Crippen molar-refractivity contribution in [2.45, 2.75) is 157 Å². The lowest BCUT2D eigenvalue weighted by Gasteiger charge is -2.72. The van der Waals surface area contributed by atoms with Crippen LogP contribution in [-0.2, 0) is 4.79 Å². The fourth-order valence-electron chi connectivity index (χ4n) is 15.5. The maximum absolute atomic E-state index is 12.8. The molecule has 6 aliphatic rings. The minimum atomic E-state index is -0.785. The van der Waals surface area contributed by atoms with Gasteiger partial charge in [-0.05, 0) is 185 Å². The van der Waals surface area contributed by atoms with Crippen molar-refractivity contribution in [3.8, 4) is 5.88 Å². The Balaban J connectivity index is 1.10. The fraction of sp³-hybridized carbons (Fsp3) is 0.765. The summed E-state index contributed by atoms with van der Waals surface area (Å²) in [5.74, 6) is 3.26. The molecule has 0 bridgehead atoms. The van der Waals surface area contributed by atoms with Crippen LogP contribution in [0.2, 0.25) is 0 Å². The van der Waals surface area contributed by atoms with E-state index in [-0.39, 0.29) is 16.4 Å². The van der Waals surface area contributed by atoms with Crippen LogP contribution in [-0.4, -0.2) is 59.3 Å². The summed E-state index contributed by atoms with van der Waals surface area (Å²) >= 11 is 0. The molecule has 0 radical (unpaired) electrons. The molecule has 4 saturated carbocycles. The molecular weight excluding hydrogens is 703 g/mol. The average Bonchev–Trinajstić information content (AvgIpc) is 3.56. The number of hydrogen-bond donors (Lipinski definition) is 2. The van der Waals surface area contributed by atoms with Crippen molar-refractivity contribution in [1.82, 2.24) is 15.2 Å². The second-order valence-corrected chi connectivity index (χ2v) is 21.4. The number of carbonyl (C=O) groups is 1. The molecule has 1 heterocycles. The highest BCUT2D eigenvalue weighted by molar-refractivity contribution is 5.75. The first-order valence-corrected chi connectivity index (χ1v) is 23.4. The maximum atomic E-state index is 12.8. The molecule has 6 aliphatic carbocycles. The van der Waals surface area contributed by atoms with Crippen molar-refractivity contribution in [3.63, 3.8) is 0 Å². The van der Waals surface area contributed by atoms with Crippen LogP contribution in [0.25, 0.3) is 0 Å². The maximum Gasteiger partial charge on any atom is 0.310 e. The Labute approximate surface area is 347 Å². The third kappa shape index (κ3) is 7.21. The highest BCUT2D eigenvalue weighted by atomic mass is 16.5. The largest absolute Gasteiger partial charge is 0.481 e. The van der Waals surface area contributed by atoms with E-state index in [0.717, 1.165) is 25.3 Å². The van der Waals surface area contributed by atoms with Gasteiger partial charge in [-0.1, -0.05) is 78.8 Å². The van der Waals surface area contributed by atoms with E-state index in [9.17, 15) is 9.90 Å². The number of carboxylic acids is 1. The van der Waals surface area contributed by atoms with Crippen LogP contribution in [0.3, 0.4) is 0 Å². The number of aliphatic carboxylic acids is 1. The smallest absolute Gasteiger partial charge is 0.310 e. The molecule has 57 heavy (non-hydrogen) atoms. The summed E-state index contributed by atoms with van der Waals surface area (Å²) in [6.07, 6.45) is 23.4. The Kier molecular flexibility index (Phi) is 12.1. The SMILES string of the molecule is C=C(C)[C@@H]1CC[C@]2(NCCN(CCC)CCC)CC[C@]3(C)[C@H](CC[C@@H]4[C@@]5(C)CC=C(C6=CCC(CCOc7ccccn7)(C(=O)O)CC6)C(C)(C)[C@@H]5CC[C@]43C)[C@@H]12. The minimum absolute atomic E-state index is 0.0504. The summed E-state index contributed by atoms with van der Waals surface area (Å²) in [4.78, 5) is 19.7. The summed E-state index contributed by atoms with van der Waals surface area (Å²) in [6.45, 7) is 30.0. The molecule has 1 aromatic rings. The van der Waals surface area contributed by atoms with E-state index in [1.54, 1.807) is 6.20 Å². The molecule has 2 N–H and O–H groups in total. The Hall–Kier alpha value is -2.44. The second-order valence-electron chi connectivity index (χ2n) is 21.4. The van der Waals surface area contributed by atoms with E-state index >= 15 is 0 Å². The summed E-state index contributed by atoms with van der Waals surface area (Å²) in [5, 5.41) is 14.8. The van der Waals surface area contributed by atoms with Crippen LogP contribution in [0.4, 0.5) is 0 Å². The number of nitrogens with one attached hydrogen (secondary N) is 1. The topological polar surface area (TPSA) is 74.7 Å². The molecule has 0 spiro atoms. The lowest BCUT2D eigenvalue weighted by Crippen LogP contribution is -2.68. The van der Waals surface area contributed by atoms with E-state index in [4.69, 9.17) is 4.74 Å². The molecule has 4 fully saturated rings. The Morgan fingerprint density at radius 2 is 1.68 bits per heavy atom. The van der Waals surface area contributed by atoms with Gasteiger partial charge in [0, 0.05) is 30.9 Å². The highest BCUT2D eigenvalue weighted by Gasteiger charge is 2.70.